The van der Waals surface area contributed by atoms with Crippen LogP contribution in [0.25, 0.3) is 10.4 Å². The lowest BCUT2D eigenvalue weighted by Crippen LogP contribution is -2.20. The third kappa shape index (κ3) is 2.91. The van der Waals surface area contributed by atoms with Crippen LogP contribution < -0.4 is 0 Å². The summed E-state index contributed by atoms with van der Waals surface area (Å²) in [5.74, 6) is 0. The molecule has 0 aromatic carbocycles. The predicted octanol–water partition coefficient (Wildman–Crippen LogP) is 1.36. The van der Waals surface area contributed by atoms with Gasteiger partial charge in [0.05, 0.1) is 17.6 Å². The molecule has 0 aliphatic carbocycles. The normalized spacial score (nSPS) is 13.9. The maximum absolute atomic E-state index is 10.4. The molecule has 0 bridgehead atoms. The zero-order valence-electron chi connectivity index (χ0n) is 7.92. The fourth-order valence-electron chi connectivity index (χ4n) is 1.01. The Bertz CT molecular complexity index is 428. The minimum Gasteiger partial charge on any atom is -0.390 e. The maximum atomic E-state index is 10.4. The molecular formula is C7H8N4O4S. The van der Waals surface area contributed by atoms with Crippen LogP contribution in [0.15, 0.2) is 17.2 Å². The van der Waals surface area contributed by atoms with Crippen LogP contribution in [0.1, 0.15) is 11.0 Å². The van der Waals surface area contributed by atoms with Crippen LogP contribution in [0.5, 0.6) is 0 Å². The number of nitrogens with zero attached hydrogens (tertiary/aromatic N) is 4. The number of thiophene rings is 1. The molecule has 0 fully saturated rings. The van der Waals surface area contributed by atoms with Gasteiger partial charge < -0.3 is 10.2 Å². The van der Waals surface area contributed by atoms with E-state index in [2.05, 4.69) is 10.0 Å². The van der Waals surface area contributed by atoms with Crippen LogP contribution in [-0.2, 0) is 0 Å². The van der Waals surface area contributed by atoms with Crippen molar-refractivity contribution in [2.45, 2.75) is 12.2 Å². The van der Waals surface area contributed by atoms with E-state index >= 15 is 0 Å². The van der Waals surface area contributed by atoms with Gasteiger partial charge in [0.15, 0.2) is 0 Å². The SMILES string of the molecule is [N-]=[N+]=NCC(O)C(O)c1ccc([N+](=O)[O-])s1. The summed E-state index contributed by atoms with van der Waals surface area (Å²) >= 11 is 0.767. The smallest absolute Gasteiger partial charge is 0.324 e. The Labute approximate surface area is 93.5 Å². The van der Waals surface area contributed by atoms with Crippen molar-refractivity contribution in [2.75, 3.05) is 6.54 Å². The van der Waals surface area contributed by atoms with Gasteiger partial charge in [-0.05, 0) is 11.6 Å². The van der Waals surface area contributed by atoms with Crippen LogP contribution in [0.4, 0.5) is 5.00 Å². The summed E-state index contributed by atoms with van der Waals surface area (Å²) in [6.45, 7) is -0.288. The zero-order valence-corrected chi connectivity index (χ0v) is 8.74. The van der Waals surface area contributed by atoms with Crippen molar-refractivity contribution < 1.29 is 15.1 Å². The number of azide groups is 1. The van der Waals surface area contributed by atoms with E-state index in [1.807, 2.05) is 0 Å². The first-order chi connectivity index (χ1) is 7.56. The predicted molar refractivity (Wildman–Crippen MR) is 56.0 cm³/mol. The van der Waals surface area contributed by atoms with E-state index in [9.17, 15) is 20.3 Å². The van der Waals surface area contributed by atoms with E-state index in [1.54, 1.807) is 0 Å². The van der Waals surface area contributed by atoms with Crippen molar-refractivity contribution in [3.8, 4) is 0 Å². The molecule has 1 aromatic heterocycles. The standard InChI is InChI=1S/C7H8N4O4S/c8-10-9-3-4(12)7(13)5-1-2-6(16-5)11(14)15/h1-2,4,7,12-13H,3H2. The Balaban J connectivity index is 2.75. The van der Waals surface area contributed by atoms with Gasteiger partial charge in [-0.15, -0.1) is 0 Å². The minimum absolute atomic E-state index is 0.120. The molecule has 1 aromatic rings. The van der Waals surface area contributed by atoms with Gasteiger partial charge in [-0.1, -0.05) is 16.5 Å². The van der Waals surface area contributed by atoms with Crippen LogP contribution in [-0.4, -0.2) is 27.8 Å². The van der Waals surface area contributed by atoms with Gasteiger partial charge in [-0.3, -0.25) is 10.1 Å². The highest BCUT2D eigenvalue weighted by Gasteiger charge is 2.21. The topological polar surface area (TPSA) is 132 Å². The Morgan fingerprint density at radius 2 is 2.31 bits per heavy atom. The highest BCUT2D eigenvalue weighted by atomic mass is 32.1. The molecule has 1 heterocycles. The number of rotatable bonds is 5. The van der Waals surface area contributed by atoms with E-state index < -0.39 is 17.1 Å². The average molecular weight is 244 g/mol. The molecule has 2 N–H and O–H groups in total. The van der Waals surface area contributed by atoms with Gasteiger partial charge >= 0.3 is 5.00 Å². The van der Waals surface area contributed by atoms with E-state index in [1.165, 1.54) is 12.1 Å². The summed E-state index contributed by atoms with van der Waals surface area (Å²) in [5.41, 5.74) is 8.02. The summed E-state index contributed by atoms with van der Waals surface area (Å²) in [6, 6.07) is 2.59. The van der Waals surface area contributed by atoms with Crippen molar-refractivity contribution in [2.24, 2.45) is 5.11 Å². The molecule has 8 nitrogen and oxygen atoms in total. The number of hydrogen-bond donors (Lipinski definition) is 2. The van der Waals surface area contributed by atoms with Gasteiger partial charge in [0.2, 0.25) is 0 Å². The summed E-state index contributed by atoms with van der Waals surface area (Å²) in [7, 11) is 0. The third-order valence-electron chi connectivity index (χ3n) is 1.78. The van der Waals surface area contributed by atoms with E-state index in [4.69, 9.17) is 5.53 Å². The number of hydrogen-bond acceptors (Lipinski definition) is 6. The van der Waals surface area contributed by atoms with Crippen molar-refractivity contribution in [3.63, 3.8) is 0 Å². The monoisotopic (exact) mass is 244 g/mol. The second-order valence-electron chi connectivity index (χ2n) is 2.86. The van der Waals surface area contributed by atoms with Crippen LogP contribution in [0, 0.1) is 10.1 Å². The molecule has 2 atom stereocenters. The first-order valence-electron chi connectivity index (χ1n) is 4.17. The van der Waals surface area contributed by atoms with Crippen molar-refractivity contribution in [1.82, 2.24) is 0 Å². The molecular weight excluding hydrogens is 236 g/mol. The van der Waals surface area contributed by atoms with Gasteiger partial charge in [0, 0.05) is 15.9 Å². The molecule has 2 unspecified atom stereocenters. The van der Waals surface area contributed by atoms with Gasteiger partial charge in [0.1, 0.15) is 6.10 Å². The number of aliphatic hydroxyl groups is 2. The second kappa shape index (κ2) is 5.42. The first-order valence-corrected chi connectivity index (χ1v) is 4.99. The zero-order chi connectivity index (χ0) is 12.1. The molecule has 0 aliphatic heterocycles. The lowest BCUT2D eigenvalue weighted by molar-refractivity contribution is -0.380. The van der Waals surface area contributed by atoms with E-state index in [0.717, 1.165) is 11.3 Å². The summed E-state index contributed by atoms with van der Waals surface area (Å²) < 4.78 is 0. The van der Waals surface area contributed by atoms with Crippen LogP contribution in [0.2, 0.25) is 0 Å². The summed E-state index contributed by atoms with van der Waals surface area (Å²) in [4.78, 5) is 12.5. The minimum atomic E-state index is -1.29. The fourth-order valence-corrected chi connectivity index (χ4v) is 1.87. The van der Waals surface area contributed by atoms with Crippen molar-refractivity contribution in [3.05, 3.63) is 37.6 Å². The number of aliphatic hydroxyl groups excluding tert-OH is 2. The third-order valence-corrected chi connectivity index (χ3v) is 2.89. The van der Waals surface area contributed by atoms with Crippen molar-refractivity contribution >= 4 is 16.3 Å². The first kappa shape index (κ1) is 12.4. The molecule has 16 heavy (non-hydrogen) atoms. The highest BCUT2D eigenvalue weighted by molar-refractivity contribution is 7.15. The van der Waals surface area contributed by atoms with Gasteiger partial charge in [0.25, 0.3) is 0 Å². The number of nitro groups is 1. The second-order valence-corrected chi connectivity index (χ2v) is 3.95. The Kier molecular flexibility index (Phi) is 4.20. The highest BCUT2D eigenvalue weighted by Crippen LogP contribution is 2.30. The maximum Gasteiger partial charge on any atom is 0.324 e. The van der Waals surface area contributed by atoms with E-state index in [0.29, 0.717) is 0 Å². The molecule has 9 heteroatoms. The summed E-state index contributed by atoms with van der Waals surface area (Å²) in [5, 5.41) is 32.3. The molecule has 86 valence electrons. The molecule has 0 saturated carbocycles. The molecule has 0 aliphatic rings. The molecule has 0 saturated heterocycles. The fraction of sp³-hybridized carbons (Fsp3) is 0.429. The summed E-state index contributed by atoms with van der Waals surface area (Å²) in [6.07, 6.45) is -2.56. The van der Waals surface area contributed by atoms with Crippen LogP contribution >= 0.6 is 11.3 Å². The molecule has 0 amide bonds. The Morgan fingerprint density at radius 1 is 1.62 bits per heavy atom. The van der Waals surface area contributed by atoms with Gasteiger partial charge in [-0.25, -0.2) is 0 Å². The average Bonchev–Trinajstić information content (AvgIpc) is 2.74. The van der Waals surface area contributed by atoms with E-state index in [-0.39, 0.29) is 16.4 Å². The lowest BCUT2D eigenvalue weighted by atomic mass is 10.2. The molecule has 1 rings (SSSR count). The Morgan fingerprint density at radius 3 is 2.81 bits per heavy atom. The molecule has 0 spiro atoms. The molecule has 0 radical (unpaired) electrons. The largest absolute Gasteiger partial charge is 0.390 e. The van der Waals surface area contributed by atoms with Gasteiger partial charge in [-0.2, -0.15) is 0 Å². The quantitative estimate of drug-likeness (QED) is 0.266. The Hall–Kier alpha value is -1.67. The van der Waals surface area contributed by atoms with Crippen molar-refractivity contribution in [1.29, 1.82) is 0 Å². The van der Waals surface area contributed by atoms with Crippen LogP contribution in [0.3, 0.4) is 0 Å². The lowest BCUT2D eigenvalue weighted by Gasteiger charge is -2.13.